The van der Waals surface area contributed by atoms with Crippen molar-refractivity contribution in [1.29, 1.82) is 0 Å². The summed E-state index contributed by atoms with van der Waals surface area (Å²) in [6.07, 6.45) is 2.42. The summed E-state index contributed by atoms with van der Waals surface area (Å²) in [5.74, 6) is -1.04. The minimum Gasteiger partial charge on any atom is -0.481 e. The smallest absolute Gasteiger partial charge is 0.303 e. The van der Waals surface area contributed by atoms with Crippen molar-refractivity contribution in [3.05, 3.63) is 29.8 Å². The Kier molecular flexibility index (Phi) is 7.00. The lowest BCUT2D eigenvalue weighted by molar-refractivity contribution is -0.137. The van der Waals surface area contributed by atoms with Crippen molar-refractivity contribution in [2.75, 3.05) is 11.6 Å². The van der Waals surface area contributed by atoms with Crippen molar-refractivity contribution >= 4 is 27.6 Å². The SMILES string of the molecule is CS(=O)(=O)NCc1ccc(NC(=O)CCCCC(=O)O)cc1. The van der Waals surface area contributed by atoms with Crippen LogP contribution in [0.15, 0.2) is 24.3 Å². The van der Waals surface area contributed by atoms with Crippen LogP contribution < -0.4 is 10.0 Å². The molecule has 0 aromatic heterocycles. The highest BCUT2D eigenvalue weighted by Crippen LogP contribution is 2.11. The molecule has 1 aromatic carbocycles. The lowest BCUT2D eigenvalue weighted by Crippen LogP contribution is -2.21. The zero-order chi connectivity index (χ0) is 16.6. The van der Waals surface area contributed by atoms with E-state index in [0.717, 1.165) is 11.8 Å². The summed E-state index contributed by atoms with van der Waals surface area (Å²) in [6.45, 7) is 0.197. The van der Waals surface area contributed by atoms with Crippen LogP contribution >= 0.6 is 0 Å². The number of rotatable bonds is 9. The Bertz CT molecular complexity index is 611. The monoisotopic (exact) mass is 328 g/mol. The van der Waals surface area contributed by atoms with Crippen molar-refractivity contribution in [2.24, 2.45) is 0 Å². The van der Waals surface area contributed by atoms with Gasteiger partial charge in [0, 0.05) is 25.1 Å². The Hall–Kier alpha value is -1.93. The molecule has 0 aliphatic carbocycles. The number of carboxylic acid groups (broad SMARTS) is 1. The normalized spacial score (nSPS) is 11.1. The topological polar surface area (TPSA) is 113 Å². The standard InChI is InChI=1S/C14H20N2O5S/c1-22(20,21)15-10-11-6-8-12(9-7-11)16-13(17)4-2-3-5-14(18)19/h6-9,15H,2-5,10H2,1H3,(H,16,17)(H,18,19). The van der Waals surface area contributed by atoms with Gasteiger partial charge in [0.2, 0.25) is 15.9 Å². The Morgan fingerprint density at radius 1 is 1.09 bits per heavy atom. The maximum absolute atomic E-state index is 11.6. The summed E-state index contributed by atoms with van der Waals surface area (Å²) in [4.78, 5) is 22.0. The molecule has 0 atom stereocenters. The molecular weight excluding hydrogens is 308 g/mol. The number of aliphatic carboxylic acids is 1. The molecular formula is C14H20N2O5S. The van der Waals surface area contributed by atoms with E-state index in [9.17, 15) is 18.0 Å². The van der Waals surface area contributed by atoms with Crippen LogP contribution in [-0.2, 0) is 26.2 Å². The van der Waals surface area contributed by atoms with Crippen LogP contribution in [0.4, 0.5) is 5.69 Å². The van der Waals surface area contributed by atoms with Gasteiger partial charge in [0.1, 0.15) is 0 Å². The number of carbonyl (C=O) groups is 2. The van der Waals surface area contributed by atoms with Crippen LogP contribution in [0.3, 0.4) is 0 Å². The second kappa shape index (κ2) is 8.50. The summed E-state index contributed by atoms with van der Waals surface area (Å²) in [5, 5.41) is 11.2. The Morgan fingerprint density at radius 3 is 2.23 bits per heavy atom. The third kappa shape index (κ3) is 8.38. The number of unbranched alkanes of at least 4 members (excludes halogenated alkanes) is 1. The van der Waals surface area contributed by atoms with E-state index < -0.39 is 16.0 Å². The second-order valence-electron chi connectivity index (χ2n) is 4.94. The van der Waals surface area contributed by atoms with E-state index in [-0.39, 0.29) is 25.3 Å². The molecule has 1 amide bonds. The molecule has 0 aliphatic heterocycles. The maximum Gasteiger partial charge on any atom is 0.303 e. The highest BCUT2D eigenvalue weighted by atomic mass is 32.2. The molecule has 0 unspecified atom stereocenters. The number of nitrogens with one attached hydrogen (secondary N) is 2. The highest BCUT2D eigenvalue weighted by Gasteiger charge is 2.05. The first-order chi connectivity index (χ1) is 10.3. The van der Waals surface area contributed by atoms with Crippen LogP contribution in [0.25, 0.3) is 0 Å². The molecule has 0 spiro atoms. The number of carboxylic acids is 1. The molecule has 122 valence electrons. The van der Waals surface area contributed by atoms with Gasteiger partial charge in [-0.25, -0.2) is 13.1 Å². The van der Waals surface area contributed by atoms with Gasteiger partial charge in [-0.2, -0.15) is 0 Å². The highest BCUT2D eigenvalue weighted by molar-refractivity contribution is 7.88. The molecule has 8 heteroatoms. The predicted molar refractivity (Wildman–Crippen MR) is 82.9 cm³/mol. The van der Waals surface area contributed by atoms with Crippen molar-refractivity contribution < 1.29 is 23.1 Å². The van der Waals surface area contributed by atoms with E-state index in [1.165, 1.54) is 0 Å². The van der Waals surface area contributed by atoms with Crippen molar-refractivity contribution in [2.45, 2.75) is 32.2 Å². The lowest BCUT2D eigenvalue weighted by Gasteiger charge is -2.07. The van der Waals surface area contributed by atoms with Gasteiger partial charge in [0.15, 0.2) is 0 Å². The van der Waals surface area contributed by atoms with Gasteiger partial charge < -0.3 is 10.4 Å². The lowest BCUT2D eigenvalue weighted by atomic mass is 10.1. The number of carbonyl (C=O) groups excluding carboxylic acids is 1. The molecule has 0 radical (unpaired) electrons. The van der Waals surface area contributed by atoms with Gasteiger partial charge in [-0.15, -0.1) is 0 Å². The molecule has 0 bridgehead atoms. The minimum atomic E-state index is -3.23. The summed E-state index contributed by atoms with van der Waals surface area (Å²) in [7, 11) is -3.23. The van der Waals surface area contributed by atoms with Gasteiger partial charge in [-0.05, 0) is 30.5 Å². The maximum atomic E-state index is 11.6. The van der Waals surface area contributed by atoms with Gasteiger partial charge in [0.25, 0.3) is 0 Å². The zero-order valence-corrected chi connectivity index (χ0v) is 13.1. The number of amides is 1. The number of anilines is 1. The van der Waals surface area contributed by atoms with Crippen molar-refractivity contribution in [3.8, 4) is 0 Å². The van der Waals surface area contributed by atoms with Crippen molar-refractivity contribution in [1.82, 2.24) is 4.72 Å². The first-order valence-electron chi connectivity index (χ1n) is 6.81. The van der Waals surface area contributed by atoms with E-state index in [4.69, 9.17) is 5.11 Å². The second-order valence-corrected chi connectivity index (χ2v) is 6.77. The van der Waals surface area contributed by atoms with E-state index in [1.807, 2.05) is 0 Å². The average Bonchev–Trinajstić information content (AvgIpc) is 2.42. The first kappa shape index (κ1) is 18.1. The van der Waals surface area contributed by atoms with Crippen LogP contribution in [0, 0.1) is 0 Å². The van der Waals surface area contributed by atoms with Crippen LogP contribution in [0.2, 0.25) is 0 Å². The molecule has 22 heavy (non-hydrogen) atoms. The summed E-state index contributed by atoms with van der Waals surface area (Å²) < 4.78 is 24.3. The fraction of sp³-hybridized carbons (Fsp3) is 0.429. The third-order valence-corrected chi connectivity index (χ3v) is 3.49. The zero-order valence-electron chi connectivity index (χ0n) is 12.3. The largest absolute Gasteiger partial charge is 0.481 e. The summed E-state index contributed by atoms with van der Waals surface area (Å²) in [5.41, 5.74) is 1.40. The van der Waals surface area contributed by atoms with E-state index in [2.05, 4.69) is 10.0 Å². The summed E-state index contributed by atoms with van der Waals surface area (Å²) >= 11 is 0. The van der Waals surface area contributed by atoms with E-state index in [1.54, 1.807) is 24.3 Å². The van der Waals surface area contributed by atoms with Gasteiger partial charge in [-0.1, -0.05) is 12.1 Å². The first-order valence-corrected chi connectivity index (χ1v) is 8.70. The molecule has 3 N–H and O–H groups in total. The number of sulfonamides is 1. The Balaban J connectivity index is 2.37. The number of hydrogen-bond acceptors (Lipinski definition) is 4. The average molecular weight is 328 g/mol. The van der Waals surface area contributed by atoms with Crippen LogP contribution in [0.1, 0.15) is 31.2 Å². The van der Waals surface area contributed by atoms with Crippen LogP contribution in [-0.4, -0.2) is 31.7 Å². The van der Waals surface area contributed by atoms with Gasteiger partial charge >= 0.3 is 5.97 Å². The molecule has 1 aromatic rings. The molecule has 0 fully saturated rings. The molecule has 0 saturated carbocycles. The number of hydrogen-bond donors (Lipinski definition) is 3. The van der Waals surface area contributed by atoms with Crippen LogP contribution in [0.5, 0.6) is 0 Å². The van der Waals surface area contributed by atoms with E-state index >= 15 is 0 Å². The molecule has 0 aliphatic rings. The quantitative estimate of drug-likeness (QED) is 0.592. The molecule has 7 nitrogen and oxygen atoms in total. The summed E-state index contributed by atoms with van der Waals surface area (Å²) in [6, 6.07) is 6.82. The molecule has 0 heterocycles. The predicted octanol–water partition coefficient (Wildman–Crippen LogP) is 1.32. The molecule has 0 saturated heterocycles. The molecule has 1 rings (SSSR count). The third-order valence-electron chi connectivity index (χ3n) is 2.82. The van der Waals surface area contributed by atoms with Crippen molar-refractivity contribution in [3.63, 3.8) is 0 Å². The minimum absolute atomic E-state index is 0.0648. The van der Waals surface area contributed by atoms with Gasteiger partial charge in [0.05, 0.1) is 6.26 Å². The fourth-order valence-electron chi connectivity index (χ4n) is 1.71. The van der Waals surface area contributed by atoms with Gasteiger partial charge in [-0.3, -0.25) is 9.59 Å². The Morgan fingerprint density at radius 2 is 1.68 bits per heavy atom. The fourth-order valence-corrected chi connectivity index (χ4v) is 2.13. The number of benzene rings is 1. The Labute approximate surface area is 129 Å². The van der Waals surface area contributed by atoms with E-state index in [0.29, 0.717) is 18.5 Å².